The van der Waals surface area contributed by atoms with E-state index in [1.54, 1.807) is 13.8 Å². The van der Waals surface area contributed by atoms with Crippen LogP contribution in [0.5, 0.6) is 0 Å². The maximum atomic E-state index is 12.0. The average molecular weight is 860 g/mol. The predicted molar refractivity (Wildman–Crippen MR) is 230 cm³/mol. The molecule has 5 N–H and O–H groups in total. The number of ketones is 2. The molecule has 0 aliphatic heterocycles. The van der Waals surface area contributed by atoms with Gasteiger partial charge in [0.25, 0.3) is 0 Å². The second-order valence-electron chi connectivity index (χ2n) is 14.8. The first-order valence-electron chi connectivity index (χ1n) is 22.6. The van der Waals surface area contributed by atoms with Crippen LogP contribution in [0.15, 0.2) is 0 Å². The minimum Gasteiger partial charge on any atom is -0.481 e. The number of nitrogens with one attached hydrogen (secondary N) is 3. The summed E-state index contributed by atoms with van der Waals surface area (Å²) in [5.74, 6) is -2.23. The largest absolute Gasteiger partial charge is 0.481 e. The van der Waals surface area contributed by atoms with E-state index >= 15 is 0 Å². The van der Waals surface area contributed by atoms with Gasteiger partial charge in [-0.15, -0.1) is 0 Å². The third kappa shape index (κ3) is 45.6. The number of carboxylic acids is 2. The van der Waals surface area contributed by atoms with Crippen LogP contribution in [0.25, 0.3) is 0 Å². The monoisotopic (exact) mass is 860 g/mol. The van der Waals surface area contributed by atoms with Crippen LogP contribution in [-0.2, 0) is 52.5 Å². The highest BCUT2D eigenvalue weighted by atomic mass is 16.5. The zero-order valence-electron chi connectivity index (χ0n) is 37.3. The number of carbonyl (C=O) groups excluding carboxylic acids is 5. The Morgan fingerprint density at radius 2 is 0.950 bits per heavy atom. The average Bonchev–Trinajstić information content (AvgIpc) is 3.22. The van der Waals surface area contributed by atoms with E-state index in [4.69, 9.17) is 24.1 Å². The Morgan fingerprint density at radius 1 is 0.450 bits per heavy atom. The van der Waals surface area contributed by atoms with Crippen molar-refractivity contribution in [2.45, 2.75) is 174 Å². The number of ether oxygens (including phenoxy) is 4. The standard InChI is InChI=1S/C25H45NO6.C19H36N2O7/c1-2-21(27)19-20-22(25(31)32)26-23(28)17-15-13-11-9-7-5-3-4-6-8-10-12-14-16-18-24(29)30;1-3-9-25-11-14-28-16-19(24)21-8-10-26-12-13-27-15-17(22)6-5-7-20-18(23)4-2/h22H,2-20H2,1H3,(H,26,28)(H,29,30)(H,31,32);3-16H2,1-2H3,(H,20,23)(H,21,24)/t22-;/m0./s1. The molecular formula is C44H81N3O13. The summed E-state index contributed by atoms with van der Waals surface area (Å²) < 4.78 is 21.0. The molecule has 0 aliphatic carbocycles. The first-order chi connectivity index (χ1) is 29.0. The topological polar surface area (TPSA) is 233 Å². The highest BCUT2D eigenvalue weighted by Crippen LogP contribution is 2.14. The summed E-state index contributed by atoms with van der Waals surface area (Å²) in [6.45, 7) is 9.10. The normalized spacial score (nSPS) is 11.2. The van der Waals surface area contributed by atoms with E-state index in [1.807, 2.05) is 6.92 Å². The number of rotatable bonds is 43. The molecule has 3 amide bonds. The van der Waals surface area contributed by atoms with Gasteiger partial charge in [0.1, 0.15) is 25.0 Å². The minimum absolute atomic E-state index is 0.00175. The Labute approximate surface area is 359 Å². The molecule has 16 nitrogen and oxygen atoms in total. The van der Waals surface area contributed by atoms with Crippen LogP contribution in [-0.4, -0.2) is 123 Å². The van der Waals surface area contributed by atoms with E-state index in [2.05, 4.69) is 16.0 Å². The fourth-order valence-electron chi connectivity index (χ4n) is 5.65. The van der Waals surface area contributed by atoms with Gasteiger partial charge in [0.2, 0.25) is 17.7 Å². The predicted octanol–water partition coefficient (Wildman–Crippen LogP) is 6.10. The lowest BCUT2D eigenvalue weighted by molar-refractivity contribution is -0.142. The second-order valence-corrected chi connectivity index (χ2v) is 14.8. The summed E-state index contributed by atoms with van der Waals surface area (Å²) in [5.41, 5.74) is 0. The smallest absolute Gasteiger partial charge is 0.326 e. The maximum Gasteiger partial charge on any atom is 0.326 e. The van der Waals surface area contributed by atoms with Crippen molar-refractivity contribution in [3.8, 4) is 0 Å². The molecule has 1 atom stereocenters. The van der Waals surface area contributed by atoms with Gasteiger partial charge in [0.05, 0.1) is 33.0 Å². The quantitative estimate of drug-likeness (QED) is 0.0437. The van der Waals surface area contributed by atoms with Gasteiger partial charge < -0.3 is 45.1 Å². The maximum absolute atomic E-state index is 12.0. The van der Waals surface area contributed by atoms with Gasteiger partial charge in [-0.25, -0.2) is 4.79 Å². The highest BCUT2D eigenvalue weighted by Gasteiger charge is 2.20. The molecule has 0 radical (unpaired) electrons. The van der Waals surface area contributed by atoms with Crippen LogP contribution in [0.1, 0.15) is 168 Å². The van der Waals surface area contributed by atoms with Gasteiger partial charge >= 0.3 is 11.9 Å². The molecule has 16 heteroatoms. The highest BCUT2D eigenvalue weighted by molar-refractivity contribution is 5.84. The summed E-state index contributed by atoms with van der Waals surface area (Å²) in [7, 11) is 0. The molecule has 350 valence electrons. The molecular weight excluding hydrogens is 778 g/mol. The number of carbonyl (C=O) groups is 7. The fraction of sp³-hybridized carbons (Fsp3) is 0.841. The van der Waals surface area contributed by atoms with Gasteiger partial charge in [0, 0.05) is 58.2 Å². The molecule has 0 saturated carbocycles. The molecule has 0 saturated heterocycles. The number of unbranched alkanes of at least 4 members (excludes halogenated alkanes) is 13. The molecule has 0 aliphatic rings. The molecule has 0 aromatic carbocycles. The van der Waals surface area contributed by atoms with Crippen molar-refractivity contribution < 1.29 is 62.7 Å². The van der Waals surface area contributed by atoms with Gasteiger partial charge in [-0.3, -0.25) is 28.8 Å². The Bertz CT molecular complexity index is 1120. The van der Waals surface area contributed by atoms with E-state index in [-0.39, 0.29) is 55.3 Å². The van der Waals surface area contributed by atoms with Crippen LogP contribution < -0.4 is 16.0 Å². The van der Waals surface area contributed by atoms with Gasteiger partial charge in [-0.1, -0.05) is 97.8 Å². The van der Waals surface area contributed by atoms with Gasteiger partial charge in [-0.05, 0) is 32.1 Å². The molecule has 60 heavy (non-hydrogen) atoms. The third-order valence-electron chi connectivity index (χ3n) is 9.22. The Kier molecular flexibility index (Phi) is 44.0. The summed E-state index contributed by atoms with van der Waals surface area (Å²) in [6.07, 6.45) is 19.4. The first-order valence-corrected chi connectivity index (χ1v) is 22.6. The molecule has 0 bridgehead atoms. The van der Waals surface area contributed by atoms with E-state index < -0.39 is 18.0 Å². The number of amides is 3. The van der Waals surface area contributed by atoms with Crippen molar-refractivity contribution in [2.24, 2.45) is 0 Å². The zero-order chi connectivity index (χ0) is 44.9. The Balaban J connectivity index is 0. The number of carboxylic acid groups (broad SMARTS) is 2. The van der Waals surface area contributed by atoms with Crippen molar-refractivity contribution in [3.05, 3.63) is 0 Å². The van der Waals surface area contributed by atoms with Crippen LogP contribution in [0, 0.1) is 0 Å². The van der Waals surface area contributed by atoms with Crippen molar-refractivity contribution in [1.82, 2.24) is 16.0 Å². The minimum atomic E-state index is -1.09. The first kappa shape index (κ1) is 58.6. The fourth-order valence-corrected chi connectivity index (χ4v) is 5.65. The van der Waals surface area contributed by atoms with Gasteiger partial charge in [0.15, 0.2) is 5.78 Å². The molecule has 0 rings (SSSR count). The molecule has 0 aromatic rings. The molecule has 0 aromatic heterocycles. The summed E-state index contributed by atoms with van der Waals surface area (Å²) >= 11 is 0. The third-order valence-corrected chi connectivity index (χ3v) is 9.22. The molecule has 0 heterocycles. The Morgan fingerprint density at radius 3 is 1.47 bits per heavy atom. The van der Waals surface area contributed by atoms with Crippen LogP contribution in [0.2, 0.25) is 0 Å². The number of Topliss-reactive ketones (excluding diaryl/α,β-unsaturated/α-hetero) is 2. The molecule has 0 spiro atoms. The van der Waals surface area contributed by atoms with Crippen LogP contribution >= 0.6 is 0 Å². The summed E-state index contributed by atoms with van der Waals surface area (Å²) in [4.78, 5) is 79.0. The number of aliphatic carboxylic acids is 2. The Hall–Kier alpha value is -3.47. The van der Waals surface area contributed by atoms with Crippen molar-refractivity contribution in [3.63, 3.8) is 0 Å². The van der Waals surface area contributed by atoms with Crippen LogP contribution in [0.4, 0.5) is 0 Å². The van der Waals surface area contributed by atoms with E-state index in [0.717, 1.165) is 44.9 Å². The van der Waals surface area contributed by atoms with E-state index in [1.165, 1.54) is 51.4 Å². The lowest BCUT2D eigenvalue weighted by Crippen LogP contribution is -2.41. The number of hydrogen-bond donors (Lipinski definition) is 5. The summed E-state index contributed by atoms with van der Waals surface area (Å²) in [6, 6.07) is -0.977. The van der Waals surface area contributed by atoms with Crippen molar-refractivity contribution >= 4 is 41.2 Å². The van der Waals surface area contributed by atoms with E-state index in [9.17, 15) is 38.7 Å². The van der Waals surface area contributed by atoms with Crippen molar-refractivity contribution in [2.75, 3.05) is 65.9 Å². The lowest BCUT2D eigenvalue weighted by atomic mass is 10.0. The molecule has 0 fully saturated rings. The van der Waals surface area contributed by atoms with Gasteiger partial charge in [-0.2, -0.15) is 0 Å². The second kappa shape index (κ2) is 45.1. The molecule has 0 unspecified atom stereocenters. The van der Waals surface area contributed by atoms with Crippen LogP contribution in [0.3, 0.4) is 0 Å². The SMILES string of the molecule is CCC(=O)CC[C@H](NC(=O)CCCCCCCCCCCCCCCCC(=O)O)C(=O)O.CCCOCCOCC(=O)NCCOCCOCC(=O)CCCNC(=O)CC. The van der Waals surface area contributed by atoms with Crippen molar-refractivity contribution in [1.29, 1.82) is 0 Å². The lowest BCUT2D eigenvalue weighted by Gasteiger charge is -2.14. The zero-order valence-corrected chi connectivity index (χ0v) is 37.3. The summed E-state index contributed by atoms with van der Waals surface area (Å²) in [5, 5.41) is 25.7. The van der Waals surface area contributed by atoms with E-state index in [0.29, 0.717) is 91.3 Å². The number of hydrogen-bond acceptors (Lipinski definition) is 11.